The zero-order chi connectivity index (χ0) is 61.6. The van der Waals surface area contributed by atoms with Crippen molar-refractivity contribution in [3.8, 4) is 0 Å². The lowest BCUT2D eigenvalue weighted by molar-refractivity contribution is -0.122. The van der Waals surface area contributed by atoms with Crippen molar-refractivity contribution in [2.45, 2.75) is 119 Å². The smallest absolute Gasteiger partial charge is 0.315 e. The summed E-state index contributed by atoms with van der Waals surface area (Å²) < 4.78 is 93.8. The molecule has 23 nitrogen and oxygen atoms in total. The molecule has 27 heteroatoms. The Bertz CT molecular complexity index is 2290. The van der Waals surface area contributed by atoms with Gasteiger partial charge in [-0.2, -0.15) is 11.8 Å². The molecule has 5 atom stereocenters. The molecule has 3 aliphatic heterocycles. The number of halogens is 1. The highest BCUT2D eigenvalue weighted by molar-refractivity contribution is 8.00. The van der Waals surface area contributed by atoms with Gasteiger partial charge in [0.1, 0.15) is 0 Å². The van der Waals surface area contributed by atoms with Crippen molar-refractivity contribution in [3.63, 3.8) is 0 Å². The maximum absolute atomic E-state index is 13.3. The minimum atomic E-state index is -3.56. The fourth-order valence-electron chi connectivity index (χ4n) is 10.6. The van der Waals surface area contributed by atoms with Crippen LogP contribution >= 0.6 is 34.7 Å². The van der Waals surface area contributed by atoms with Gasteiger partial charge in [-0.15, -0.1) is 11.3 Å². The van der Waals surface area contributed by atoms with Gasteiger partial charge in [0.25, 0.3) is 0 Å². The number of thiazole rings is 1. The summed E-state index contributed by atoms with van der Waals surface area (Å²) in [5.74, 6) is 0.748. The van der Waals surface area contributed by atoms with Crippen LogP contribution < -0.4 is 21.3 Å². The molecular weight excluding hydrogens is 1210 g/mol. The number of nitrogens with zero attached hydrogens (tertiary/aromatic N) is 2. The van der Waals surface area contributed by atoms with Crippen LogP contribution in [0.15, 0.2) is 24.3 Å². The van der Waals surface area contributed by atoms with E-state index in [1.807, 2.05) is 47.4 Å². The molecule has 0 unspecified atom stereocenters. The first-order chi connectivity index (χ1) is 42.4. The number of carbonyl (C=O) groups excluding carboxylic acids is 3. The number of ether oxygens (including phenoxy) is 12. The van der Waals surface area contributed by atoms with Crippen molar-refractivity contribution in [2.24, 2.45) is 0 Å². The molecule has 0 bridgehead atoms. The molecule has 496 valence electrons. The lowest BCUT2D eigenvalue weighted by Gasteiger charge is -2.46. The lowest BCUT2D eigenvalue weighted by atomic mass is 9.84. The fraction of sp³-hybridized carbons (Fsp3) is 0.800. The molecule has 0 radical (unpaired) electrons. The number of hydrogen-bond acceptors (Lipinski definition) is 21. The number of rotatable bonds is 50. The van der Waals surface area contributed by atoms with Crippen LogP contribution in [-0.4, -0.2) is 261 Å². The Labute approximate surface area is 529 Å². The average Bonchev–Trinajstić information content (AvgIpc) is 3.29. The molecule has 4 heterocycles. The van der Waals surface area contributed by atoms with Gasteiger partial charge in [0.15, 0.2) is 9.84 Å². The quantitative estimate of drug-likeness (QED) is 0.0517. The molecule has 1 aromatic heterocycles. The van der Waals surface area contributed by atoms with Crippen molar-refractivity contribution in [3.05, 3.63) is 50.4 Å². The van der Waals surface area contributed by atoms with Gasteiger partial charge in [0.05, 0.1) is 192 Å². The standard InChI is InChI=1S/C60H99ClN6O17S3/c1-46-47(2)86-59(64-46)49-9-13-51(14-10-49)67-42-53(84-43-52(67)41-48-7-11-50(61)12-8-48)45-87(71,72)40-15-57(69)63-17-19-74-21-23-76-25-27-78-29-31-80-33-35-82-37-39-83-38-36-81-34-32-79-30-28-77-26-24-75-22-20-73-18-16-62-56(68)6-4-3-5-55-58-54(44-85-55)65-60(70)66-58/h7-8,11-12,49,51-55,58H,3-6,9-10,13-45H2,1-2H3,(H,62,68)(H,63,69)(H2,65,66,70)/t49?,51?,52-,53+,54-,55-,58-/m0/s1. The van der Waals surface area contributed by atoms with E-state index in [-0.39, 0.29) is 67.0 Å². The van der Waals surface area contributed by atoms with E-state index < -0.39 is 15.9 Å². The first-order valence-electron chi connectivity index (χ1n) is 31.3. The van der Waals surface area contributed by atoms with Crippen molar-refractivity contribution >= 4 is 62.4 Å². The highest BCUT2D eigenvalue weighted by atomic mass is 35.5. The Morgan fingerprint density at radius 3 is 1.63 bits per heavy atom. The van der Waals surface area contributed by atoms with Gasteiger partial charge in [0.2, 0.25) is 11.8 Å². The summed E-state index contributed by atoms with van der Waals surface area (Å²) in [5, 5.41) is 14.0. The average molecular weight is 1310 g/mol. The molecule has 2 aromatic rings. The van der Waals surface area contributed by atoms with Gasteiger partial charge in [-0.3, -0.25) is 14.5 Å². The van der Waals surface area contributed by atoms with Gasteiger partial charge in [-0.05, 0) is 76.5 Å². The number of carbonyl (C=O) groups is 3. The van der Waals surface area contributed by atoms with E-state index in [4.69, 9.17) is 73.4 Å². The molecule has 4 fully saturated rings. The molecule has 1 aliphatic carbocycles. The summed E-state index contributed by atoms with van der Waals surface area (Å²) in [5.41, 5.74) is 2.29. The Balaban J connectivity index is 0.616. The largest absolute Gasteiger partial charge is 0.377 e. The topological polar surface area (TPSA) is 260 Å². The molecule has 4 amide bonds. The van der Waals surface area contributed by atoms with Crippen molar-refractivity contribution in [1.29, 1.82) is 0 Å². The molecule has 87 heavy (non-hydrogen) atoms. The number of fused-ring (bicyclic) bond motifs is 1. The molecule has 3 saturated heterocycles. The zero-order valence-corrected chi connectivity index (χ0v) is 54.6. The number of urea groups is 1. The summed E-state index contributed by atoms with van der Waals surface area (Å²) in [6.45, 7) is 15.5. The number of aromatic nitrogens is 1. The van der Waals surface area contributed by atoms with Crippen molar-refractivity contribution < 1.29 is 79.6 Å². The minimum Gasteiger partial charge on any atom is -0.377 e. The highest BCUT2D eigenvalue weighted by Crippen LogP contribution is 2.39. The molecule has 4 aliphatic rings. The fourth-order valence-corrected chi connectivity index (χ4v) is 14.8. The summed E-state index contributed by atoms with van der Waals surface area (Å²) in [7, 11) is -3.56. The van der Waals surface area contributed by atoms with Gasteiger partial charge in [-0.1, -0.05) is 30.2 Å². The number of morpholine rings is 1. The van der Waals surface area contributed by atoms with Gasteiger partial charge in [0, 0.05) is 71.4 Å². The van der Waals surface area contributed by atoms with Crippen LogP contribution in [-0.2, 0) is 82.7 Å². The van der Waals surface area contributed by atoms with E-state index in [2.05, 4.69) is 40.0 Å². The summed E-state index contributed by atoms with van der Waals surface area (Å²) in [6.07, 6.45) is 7.66. The molecule has 6 rings (SSSR count). The number of aryl methyl sites for hydroxylation is 2. The summed E-state index contributed by atoms with van der Waals surface area (Å²) in [4.78, 5) is 44.8. The second-order valence-electron chi connectivity index (χ2n) is 22.0. The van der Waals surface area contributed by atoms with Gasteiger partial charge < -0.3 is 78.1 Å². The zero-order valence-electron chi connectivity index (χ0n) is 51.4. The minimum absolute atomic E-state index is 0.0338. The van der Waals surface area contributed by atoms with E-state index in [0.717, 1.165) is 62.8 Å². The number of sulfone groups is 1. The molecule has 1 aromatic carbocycles. The van der Waals surface area contributed by atoms with Crippen LogP contribution in [0.4, 0.5) is 4.79 Å². The second kappa shape index (κ2) is 43.8. The number of amides is 4. The number of nitrogens with one attached hydrogen (secondary N) is 4. The molecular formula is C60H99ClN6O17S3. The van der Waals surface area contributed by atoms with E-state index in [1.54, 1.807) is 0 Å². The van der Waals surface area contributed by atoms with Crippen LogP contribution in [0.5, 0.6) is 0 Å². The van der Waals surface area contributed by atoms with E-state index in [9.17, 15) is 22.8 Å². The second-order valence-corrected chi connectivity index (χ2v) is 27.2. The molecule has 4 N–H and O–H groups in total. The van der Waals surface area contributed by atoms with Crippen LogP contribution in [0.25, 0.3) is 0 Å². The van der Waals surface area contributed by atoms with E-state index in [1.165, 1.54) is 15.4 Å². The number of thioether (sulfide) groups is 1. The Morgan fingerprint density at radius 1 is 0.667 bits per heavy atom. The molecule has 1 saturated carbocycles. The van der Waals surface area contributed by atoms with Crippen LogP contribution in [0, 0.1) is 13.8 Å². The van der Waals surface area contributed by atoms with Crippen molar-refractivity contribution in [1.82, 2.24) is 31.2 Å². The predicted octanol–water partition coefficient (Wildman–Crippen LogP) is 4.70. The lowest BCUT2D eigenvalue weighted by Crippen LogP contribution is -2.56. The van der Waals surface area contributed by atoms with Crippen LogP contribution in [0.2, 0.25) is 5.02 Å². The predicted molar refractivity (Wildman–Crippen MR) is 334 cm³/mol. The summed E-state index contributed by atoms with van der Waals surface area (Å²) in [6, 6.07) is 8.74. The Morgan fingerprint density at radius 2 is 1.15 bits per heavy atom. The number of benzene rings is 1. The normalized spacial score (nSPS) is 21.5. The third-order valence-electron chi connectivity index (χ3n) is 15.4. The van der Waals surface area contributed by atoms with E-state index in [0.29, 0.717) is 187 Å². The van der Waals surface area contributed by atoms with Crippen LogP contribution in [0.3, 0.4) is 0 Å². The third kappa shape index (κ3) is 30.9. The van der Waals surface area contributed by atoms with E-state index >= 15 is 0 Å². The van der Waals surface area contributed by atoms with Crippen LogP contribution in [0.1, 0.15) is 84.8 Å². The monoisotopic (exact) mass is 1310 g/mol. The SMILES string of the molecule is Cc1nc(C2CCC(N3C[C@H](CS(=O)(=O)CCC(=O)NCCOCCOCCOCCOCCOCCOCCOCCOCCOCCOCCOCCNC(=O)CCCC[C@@H]4SC[C@@H]5NC(=O)N[C@@H]54)OC[C@@H]3Cc3ccc(Cl)cc3)CC2)sc1C. The first-order valence-corrected chi connectivity index (χ1v) is 35.3. The Hall–Kier alpha value is -2.87. The number of unbranched alkanes of at least 4 members (excludes halogenated alkanes) is 1. The maximum Gasteiger partial charge on any atom is 0.315 e. The molecule has 0 spiro atoms. The van der Waals surface area contributed by atoms with Gasteiger partial charge >= 0.3 is 6.03 Å². The first kappa shape index (κ1) is 73.2. The number of hydrogen-bond donors (Lipinski definition) is 4. The van der Waals surface area contributed by atoms with Gasteiger partial charge in [-0.25, -0.2) is 18.2 Å². The summed E-state index contributed by atoms with van der Waals surface area (Å²) >= 11 is 9.89. The van der Waals surface area contributed by atoms with Crippen molar-refractivity contribution in [2.75, 3.05) is 189 Å². The highest BCUT2D eigenvalue weighted by Gasteiger charge is 2.43. The Kier molecular flexibility index (Phi) is 36.9. The maximum atomic E-state index is 13.3. The third-order valence-corrected chi connectivity index (χ3v) is 20.1.